The Balaban J connectivity index is 1.81. The first kappa shape index (κ1) is 12.1. The summed E-state index contributed by atoms with van der Waals surface area (Å²) in [6, 6.07) is 13.3. The summed E-state index contributed by atoms with van der Waals surface area (Å²) in [6.07, 6.45) is 5.04. The van der Waals surface area contributed by atoms with Crippen molar-refractivity contribution in [2.45, 2.75) is 0 Å². The van der Waals surface area contributed by atoms with Gasteiger partial charge in [-0.2, -0.15) is 0 Å². The first-order valence-electron chi connectivity index (χ1n) is 6.08. The van der Waals surface area contributed by atoms with Gasteiger partial charge in [0.05, 0.1) is 0 Å². The summed E-state index contributed by atoms with van der Waals surface area (Å²) < 4.78 is 5.53. The lowest BCUT2D eigenvalue weighted by Gasteiger charge is -2.05. The van der Waals surface area contributed by atoms with Gasteiger partial charge >= 0.3 is 6.01 Å². The first-order valence-corrected chi connectivity index (χ1v) is 6.08. The molecule has 3 rings (SSSR count). The molecular formula is C15H12N4O. The van der Waals surface area contributed by atoms with Crippen LogP contribution in [0, 0.1) is 0 Å². The van der Waals surface area contributed by atoms with Crippen molar-refractivity contribution < 1.29 is 4.74 Å². The number of nitrogen functional groups attached to an aromatic ring is 1. The average molecular weight is 264 g/mol. The van der Waals surface area contributed by atoms with Crippen molar-refractivity contribution in [3.63, 3.8) is 0 Å². The van der Waals surface area contributed by atoms with E-state index in [0.29, 0.717) is 17.6 Å². The van der Waals surface area contributed by atoms with Crippen molar-refractivity contribution in [1.82, 2.24) is 15.0 Å². The zero-order chi connectivity index (χ0) is 13.8. The van der Waals surface area contributed by atoms with Gasteiger partial charge in [0.1, 0.15) is 11.6 Å². The molecule has 0 amide bonds. The smallest absolute Gasteiger partial charge is 0.321 e. The zero-order valence-electron chi connectivity index (χ0n) is 10.6. The normalized spacial score (nSPS) is 10.2. The maximum Gasteiger partial charge on any atom is 0.321 e. The van der Waals surface area contributed by atoms with E-state index in [4.69, 9.17) is 10.5 Å². The van der Waals surface area contributed by atoms with E-state index in [9.17, 15) is 0 Å². The third-order valence-electron chi connectivity index (χ3n) is 2.69. The number of hydrogen-bond acceptors (Lipinski definition) is 5. The fourth-order valence-corrected chi connectivity index (χ4v) is 1.74. The van der Waals surface area contributed by atoms with Crippen LogP contribution in [-0.2, 0) is 0 Å². The molecule has 0 saturated carbocycles. The molecule has 0 aliphatic carbocycles. The number of nitrogens with zero attached hydrogens (tertiary/aromatic N) is 3. The Morgan fingerprint density at radius 1 is 0.850 bits per heavy atom. The summed E-state index contributed by atoms with van der Waals surface area (Å²) in [5, 5.41) is 0. The van der Waals surface area contributed by atoms with Gasteiger partial charge in [-0.1, -0.05) is 18.2 Å². The van der Waals surface area contributed by atoms with Crippen molar-refractivity contribution in [1.29, 1.82) is 0 Å². The second-order valence-corrected chi connectivity index (χ2v) is 4.14. The molecule has 5 heteroatoms. The zero-order valence-corrected chi connectivity index (χ0v) is 10.6. The van der Waals surface area contributed by atoms with Gasteiger partial charge in [-0.05, 0) is 29.8 Å². The van der Waals surface area contributed by atoms with Gasteiger partial charge in [0, 0.05) is 24.2 Å². The lowest BCUT2D eigenvalue weighted by atomic mass is 10.1. The lowest BCUT2D eigenvalue weighted by molar-refractivity contribution is 0.442. The van der Waals surface area contributed by atoms with E-state index in [1.807, 2.05) is 36.4 Å². The van der Waals surface area contributed by atoms with E-state index in [2.05, 4.69) is 15.0 Å². The van der Waals surface area contributed by atoms with Crippen molar-refractivity contribution >= 4 is 5.82 Å². The minimum absolute atomic E-state index is 0.307. The van der Waals surface area contributed by atoms with E-state index >= 15 is 0 Å². The van der Waals surface area contributed by atoms with Crippen molar-refractivity contribution in [2.75, 3.05) is 5.73 Å². The lowest BCUT2D eigenvalue weighted by Crippen LogP contribution is -1.93. The highest BCUT2D eigenvalue weighted by Crippen LogP contribution is 2.21. The van der Waals surface area contributed by atoms with Crippen LogP contribution in [0.25, 0.3) is 11.1 Å². The molecule has 2 N–H and O–H groups in total. The van der Waals surface area contributed by atoms with Crippen molar-refractivity contribution in [3.8, 4) is 22.9 Å². The predicted molar refractivity (Wildman–Crippen MR) is 76.2 cm³/mol. The van der Waals surface area contributed by atoms with Crippen molar-refractivity contribution in [2.24, 2.45) is 0 Å². The monoisotopic (exact) mass is 264 g/mol. The molecule has 98 valence electrons. The topological polar surface area (TPSA) is 73.9 Å². The van der Waals surface area contributed by atoms with Crippen LogP contribution in [0.3, 0.4) is 0 Å². The molecule has 3 aromatic rings. The molecule has 5 nitrogen and oxygen atoms in total. The Labute approximate surface area is 116 Å². The van der Waals surface area contributed by atoms with Gasteiger partial charge in [0.25, 0.3) is 0 Å². The summed E-state index contributed by atoms with van der Waals surface area (Å²) in [5.74, 6) is 1.17. The van der Waals surface area contributed by atoms with Crippen LogP contribution in [0.2, 0.25) is 0 Å². The molecule has 2 heterocycles. The van der Waals surface area contributed by atoms with Crippen LogP contribution in [0.4, 0.5) is 5.82 Å². The minimum atomic E-state index is 0.307. The summed E-state index contributed by atoms with van der Waals surface area (Å²) >= 11 is 0. The predicted octanol–water partition coefficient (Wildman–Crippen LogP) is 2.91. The van der Waals surface area contributed by atoms with Crippen LogP contribution in [0.15, 0.2) is 61.1 Å². The van der Waals surface area contributed by atoms with Gasteiger partial charge < -0.3 is 10.5 Å². The second-order valence-electron chi connectivity index (χ2n) is 4.14. The molecular weight excluding hydrogens is 252 g/mol. The molecule has 2 aromatic heterocycles. The highest BCUT2D eigenvalue weighted by molar-refractivity contribution is 5.63. The van der Waals surface area contributed by atoms with Crippen LogP contribution >= 0.6 is 0 Å². The molecule has 0 aliphatic rings. The second kappa shape index (κ2) is 5.36. The number of aromatic nitrogens is 3. The highest BCUT2D eigenvalue weighted by Gasteiger charge is 2.03. The van der Waals surface area contributed by atoms with Crippen LogP contribution in [0.5, 0.6) is 11.8 Å². The molecule has 0 radical (unpaired) electrons. The van der Waals surface area contributed by atoms with E-state index in [-0.39, 0.29) is 0 Å². The van der Waals surface area contributed by atoms with Gasteiger partial charge in [0.2, 0.25) is 0 Å². The average Bonchev–Trinajstić information content (AvgIpc) is 2.49. The SMILES string of the molecule is Nc1cc(-c2cnc(Oc3ccccc3)nc2)ccn1. The fraction of sp³-hybridized carbons (Fsp3) is 0. The Morgan fingerprint density at radius 3 is 2.30 bits per heavy atom. The fourth-order valence-electron chi connectivity index (χ4n) is 1.74. The minimum Gasteiger partial charge on any atom is -0.424 e. The Morgan fingerprint density at radius 2 is 1.60 bits per heavy atom. The Hall–Kier alpha value is -2.95. The maximum atomic E-state index is 5.65. The summed E-state index contributed by atoms with van der Waals surface area (Å²) in [7, 11) is 0. The number of rotatable bonds is 3. The number of para-hydroxylation sites is 1. The van der Waals surface area contributed by atoms with E-state index in [1.54, 1.807) is 24.7 Å². The molecule has 0 unspecified atom stereocenters. The molecule has 0 aliphatic heterocycles. The van der Waals surface area contributed by atoms with E-state index in [0.717, 1.165) is 11.1 Å². The summed E-state index contributed by atoms with van der Waals surface area (Å²) in [4.78, 5) is 12.3. The first-order chi connectivity index (χ1) is 9.81. The molecule has 0 saturated heterocycles. The van der Waals surface area contributed by atoms with Gasteiger partial charge in [0.15, 0.2) is 0 Å². The third-order valence-corrected chi connectivity index (χ3v) is 2.69. The number of pyridine rings is 1. The highest BCUT2D eigenvalue weighted by atomic mass is 16.5. The number of hydrogen-bond donors (Lipinski definition) is 1. The quantitative estimate of drug-likeness (QED) is 0.787. The van der Waals surface area contributed by atoms with E-state index in [1.165, 1.54) is 0 Å². The largest absolute Gasteiger partial charge is 0.424 e. The van der Waals surface area contributed by atoms with Gasteiger partial charge in [-0.25, -0.2) is 15.0 Å². The van der Waals surface area contributed by atoms with Crippen LogP contribution < -0.4 is 10.5 Å². The number of nitrogens with two attached hydrogens (primary N) is 1. The van der Waals surface area contributed by atoms with Gasteiger partial charge in [-0.15, -0.1) is 0 Å². The molecule has 0 bridgehead atoms. The molecule has 1 aromatic carbocycles. The summed E-state index contributed by atoms with van der Waals surface area (Å²) in [5.41, 5.74) is 7.43. The van der Waals surface area contributed by atoms with Crippen LogP contribution in [-0.4, -0.2) is 15.0 Å². The van der Waals surface area contributed by atoms with E-state index < -0.39 is 0 Å². The molecule has 0 spiro atoms. The van der Waals surface area contributed by atoms with Crippen molar-refractivity contribution in [3.05, 3.63) is 61.1 Å². The maximum absolute atomic E-state index is 5.65. The molecule has 0 atom stereocenters. The number of benzene rings is 1. The Bertz CT molecular complexity index is 699. The number of anilines is 1. The number of ether oxygens (including phenoxy) is 1. The Kier molecular flexibility index (Phi) is 3.24. The molecule has 0 fully saturated rings. The van der Waals surface area contributed by atoms with Crippen LogP contribution in [0.1, 0.15) is 0 Å². The summed E-state index contributed by atoms with van der Waals surface area (Å²) in [6.45, 7) is 0. The molecule has 20 heavy (non-hydrogen) atoms. The third kappa shape index (κ3) is 2.72. The standard InChI is InChI=1S/C15H12N4O/c16-14-8-11(6-7-17-14)12-9-18-15(19-10-12)20-13-4-2-1-3-5-13/h1-10H,(H2,16,17). The van der Waals surface area contributed by atoms with Gasteiger partial charge in [-0.3, -0.25) is 0 Å².